The SMILES string of the molecule is Cc1ccc(C2CN(C(=O)c3cc(C(F)(F)F)cc(C(F)(F)F)c3)CCC2N2CCS(=O)(=O)CC2)cc1. The summed E-state index contributed by atoms with van der Waals surface area (Å²) in [5.74, 6) is -1.19. The topological polar surface area (TPSA) is 57.7 Å². The number of carbonyl (C=O) groups excluding carboxylic acids is 1. The normalized spacial score (nSPS) is 23.2. The summed E-state index contributed by atoms with van der Waals surface area (Å²) in [5.41, 5.74) is -1.89. The number of alkyl halides is 6. The zero-order chi connectivity index (χ0) is 27.2. The molecule has 37 heavy (non-hydrogen) atoms. The van der Waals surface area contributed by atoms with Crippen LogP contribution in [0.5, 0.6) is 0 Å². The van der Waals surface area contributed by atoms with Gasteiger partial charge in [0.15, 0.2) is 9.84 Å². The van der Waals surface area contributed by atoms with E-state index in [-0.39, 0.29) is 42.6 Å². The van der Waals surface area contributed by atoms with E-state index in [0.717, 1.165) is 11.1 Å². The molecule has 2 heterocycles. The van der Waals surface area contributed by atoms with E-state index in [1.54, 1.807) is 0 Å². The fourth-order valence-electron chi connectivity index (χ4n) is 5.02. The van der Waals surface area contributed by atoms with Crippen molar-refractivity contribution in [3.63, 3.8) is 0 Å². The Bertz CT molecular complexity index is 1210. The number of hydrogen-bond acceptors (Lipinski definition) is 4. The van der Waals surface area contributed by atoms with Gasteiger partial charge in [-0.05, 0) is 37.1 Å². The van der Waals surface area contributed by atoms with E-state index < -0.39 is 44.8 Å². The minimum Gasteiger partial charge on any atom is -0.338 e. The summed E-state index contributed by atoms with van der Waals surface area (Å²) in [6.45, 7) is 2.75. The van der Waals surface area contributed by atoms with E-state index >= 15 is 0 Å². The van der Waals surface area contributed by atoms with Crippen molar-refractivity contribution in [2.45, 2.75) is 37.7 Å². The first-order valence-electron chi connectivity index (χ1n) is 11.7. The van der Waals surface area contributed by atoms with Crippen LogP contribution in [0.2, 0.25) is 0 Å². The van der Waals surface area contributed by atoms with Gasteiger partial charge in [-0.15, -0.1) is 0 Å². The number of piperidine rings is 1. The number of benzene rings is 2. The Morgan fingerprint density at radius 3 is 1.92 bits per heavy atom. The second-order valence-electron chi connectivity index (χ2n) is 9.61. The van der Waals surface area contributed by atoms with Crippen molar-refractivity contribution in [3.8, 4) is 0 Å². The first kappa shape index (κ1) is 27.4. The average Bonchev–Trinajstić information content (AvgIpc) is 2.82. The van der Waals surface area contributed by atoms with Crippen molar-refractivity contribution in [1.29, 1.82) is 0 Å². The molecule has 0 aliphatic carbocycles. The minimum atomic E-state index is -5.05. The third-order valence-corrected chi connectivity index (χ3v) is 8.66. The summed E-state index contributed by atoms with van der Waals surface area (Å²) in [6.07, 6.45) is -9.71. The van der Waals surface area contributed by atoms with Gasteiger partial charge in [0.2, 0.25) is 0 Å². The maximum absolute atomic E-state index is 13.3. The fraction of sp³-hybridized carbons (Fsp3) is 0.480. The van der Waals surface area contributed by atoms with Crippen LogP contribution in [0.1, 0.15) is 45.0 Å². The Labute approximate surface area is 211 Å². The van der Waals surface area contributed by atoms with Crippen LogP contribution in [0.4, 0.5) is 26.3 Å². The number of rotatable bonds is 3. The molecular formula is C25H26F6N2O3S. The molecule has 2 saturated heterocycles. The van der Waals surface area contributed by atoms with Crippen molar-refractivity contribution in [2.24, 2.45) is 0 Å². The lowest BCUT2D eigenvalue weighted by atomic mass is 9.84. The molecule has 0 spiro atoms. The van der Waals surface area contributed by atoms with Crippen LogP contribution >= 0.6 is 0 Å². The molecule has 2 aromatic rings. The summed E-state index contributed by atoms with van der Waals surface area (Å²) in [7, 11) is -3.12. The monoisotopic (exact) mass is 548 g/mol. The highest BCUT2D eigenvalue weighted by molar-refractivity contribution is 7.91. The molecule has 2 fully saturated rings. The molecule has 0 N–H and O–H groups in total. The van der Waals surface area contributed by atoms with Gasteiger partial charge in [0.25, 0.3) is 5.91 Å². The highest BCUT2D eigenvalue weighted by Crippen LogP contribution is 2.38. The number of hydrogen-bond donors (Lipinski definition) is 0. The van der Waals surface area contributed by atoms with E-state index in [1.165, 1.54) is 4.90 Å². The molecule has 0 bridgehead atoms. The van der Waals surface area contributed by atoms with Crippen molar-refractivity contribution in [2.75, 3.05) is 37.7 Å². The Morgan fingerprint density at radius 1 is 0.865 bits per heavy atom. The van der Waals surface area contributed by atoms with Crippen LogP contribution in [0, 0.1) is 6.92 Å². The molecular weight excluding hydrogens is 522 g/mol. The Hall–Kier alpha value is -2.60. The van der Waals surface area contributed by atoms with Gasteiger partial charge in [-0.25, -0.2) is 8.42 Å². The number of aryl methyl sites for hydroxylation is 1. The molecule has 1 amide bonds. The van der Waals surface area contributed by atoms with E-state index in [2.05, 4.69) is 4.90 Å². The van der Waals surface area contributed by atoms with Gasteiger partial charge in [-0.1, -0.05) is 29.8 Å². The van der Waals surface area contributed by atoms with Crippen LogP contribution < -0.4 is 0 Å². The maximum Gasteiger partial charge on any atom is 0.416 e. The first-order chi connectivity index (χ1) is 17.1. The van der Waals surface area contributed by atoms with Gasteiger partial charge in [0.1, 0.15) is 0 Å². The van der Waals surface area contributed by atoms with E-state index in [4.69, 9.17) is 0 Å². The van der Waals surface area contributed by atoms with Gasteiger partial charge in [-0.3, -0.25) is 9.69 Å². The van der Waals surface area contributed by atoms with Gasteiger partial charge >= 0.3 is 12.4 Å². The van der Waals surface area contributed by atoms with Crippen molar-refractivity contribution in [1.82, 2.24) is 9.80 Å². The van der Waals surface area contributed by atoms with E-state index in [9.17, 15) is 39.6 Å². The third-order valence-electron chi connectivity index (χ3n) is 7.05. The zero-order valence-electron chi connectivity index (χ0n) is 19.9. The van der Waals surface area contributed by atoms with Gasteiger partial charge in [0, 0.05) is 43.7 Å². The zero-order valence-corrected chi connectivity index (χ0v) is 20.8. The molecule has 5 nitrogen and oxygen atoms in total. The molecule has 4 rings (SSSR count). The summed E-state index contributed by atoms with van der Waals surface area (Å²) >= 11 is 0. The molecule has 12 heteroatoms. The molecule has 2 aliphatic rings. The van der Waals surface area contributed by atoms with E-state index in [0.29, 0.717) is 31.6 Å². The van der Waals surface area contributed by atoms with Crippen LogP contribution in [-0.2, 0) is 22.2 Å². The number of halogens is 6. The van der Waals surface area contributed by atoms with Gasteiger partial charge in [0.05, 0.1) is 22.6 Å². The van der Waals surface area contributed by atoms with Gasteiger partial charge in [-0.2, -0.15) is 26.3 Å². The Kier molecular flexibility index (Phi) is 7.37. The average molecular weight is 549 g/mol. The molecule has 2 atom stereocenters. The Balaban J connectivity index is 1.65. The maximum atomic E-state index is 13.3. The molecule has 2 aliphatic heterocycles. The molecule has 2 aromatic carbocycles. The minimum absolute atomic E-state index is 0.00251. The summed E-state index contributed by atoms with van der Waals surface area (Å²) in [5, 5.41) is 0. The lowest BCUT2D eigenvalue weighted by Gasteiger charge is -2.45. The number of carbonyl (C=O) groups is 1. The van der Waals surface area contributed by atoms with Crippen LogP contribution in [0.25, 0.3) is 0 Å². The summed E-state index contributed by atoms with van der Waals surface area (Å²) in [4.78, 5) is 16.6. The molecule has 0 radical (unpaired) electrons. The highest BCUT2D eigenvalue weighted by Gasteiger charge is 2.40. The smallest absolute Gasteiger partial charge is 0.338 e. The molecule has 0 saturated carbocycles. The largest absolute Gasteiger partial charge is 0.416 e. The van der Waals surface area contributed by atoms with Crippen molar-refractivity contribution >= 4 is 15.7 Å². The molecule has 0 aromatic heterocycles. The van der Waals surface area contributed by atoms with Crippen LogP contribution in [0.15, 0.2) is 42.5 Å². The number of likely N-dealkylation sites (tertiary alicyclic amines) is 1. The first-order valence-corrected chi connectivity index (χ1v) is 13.6. The standard InChI is InChI=1S/C25H26F6N2O3S/c1-16-2-4-17(5-3-16)21-15-33(7-6-22(21)32-8-10-37(35,36)11-9-32)23(34)18-12-19(24(26,27)28)14-20(13-18)25(29,30)31/h2-5,12-14,21-22H,6-11,15H2,1H3. The predicted molar refractivity (Wildman–Crippen MR) is 125 cm³/mol. The lowest BCUT2D eigenvalue weighted by Crippen LogP contribution is -2.54. The number of sulfone groups is 1. The summed E-state index contributed by atoms with van der Waals surface area (Å²) < 4.78 is 104. The number of nitrogens with zero attached hydrogens (tertiary/aromatic N) is 2. The second kappa shape index (κ2) is 9.94. The number of amides is 1. The van der Waals surface area contributed by atoms with Crippen molar-refractivity contribution < 1.29 is 39.6 Å². The predicted octanol–water partition coefficient (Wildman–Crippen LogP) is 4.76. The fourth-order valence-corrected chi connectivity index (χ4v) is 6.25. The van der Waals surface area contributed by atoms with Crippen molar-refractivity contribution in [3.05, 3.63) is 70.3 Å². The highest BCUT2D eigenvalue weighted by atomic mass is 32.2. The lowest BCUT2D eigenvalue weighted by molar-refractivity contribution is -0.143. The molecule has 202 valence electrons. The van der Waals surface area contributed by atoms with Crippen LogP contribution in [-0.4, -0.2) is 67.9 Å². The quantitative estimate of drug-likeness (QED) is 0.519. The third kappa shape index (κ3) is 6.28. The second-order valence-corrected chi connectivity index (χ2v) is 11.9. The van der Waals surface area contributed by atoms with E-state index in [1.807, 2.05) is 31.2 Å². The molecule has 2 unspecified atom stereocenters. The Morgan fingerprint density at radius 2 is 1.41 bits per heavy atom. The van der Waals surface area contributed by atoms with Gasteiger partial charge < -0.3 is 4.90 Å². The summed E-state index contributed by atoms with van der Waals surface area (Å²) in [6, 6.07) is 8.32. The van der Waals surface area contributed by atoms with Crippen LogP contribution in [0.3, 0.4) is 0 Å².